The van der Waals surface area contributed by atoms with Crippen LogP contribution in [0.15, 0.2) is 35.1 Å². The molecule has 3 aromatic rings. The second kappa shape index (κ2) is 6.58. The van der Waals surface area contributed by atoms with Crippen molar-refractivity contribution in [2.45, 2.75) is 19.8 Å². The number of anilines is 1. The van der Waals surface area contributed by atoms with E-state index in [0.717, 1.165) is 36.5 Å². The second-order valence-corrected chi connectivity index (χ2v) is 6.40. The first-order valence-corrected chi connectivity index (χ1v) is 8.59. The number of amides is 1. The maximum atomic E-state index is 12.5. The predicted molar refractivity (Wildman–Crippen MR) is 94.4 cm³/mol. The van der Waals surface area contributed by atoms with Crippen molar-refractivity contribution in [2.24, 2.45) is 0 Å². The first kappa shape index (κ1) is 15.7. The van der Waals surface area contributed by atoms with Gasteiger partial charge in [0.05, 0.1) is 0 Å². The standard InChI is InChI=1S/C18H21N5O2/c1-13-18(21-25-20-13)23-10-8-22(9-11-23)17(24)7-6-14-12-19-16-5-3-2-4-15(14)16/h2-5,12,19H,6-11H2,1H3. The summed E-state index contributed by atoms with van der Waals surface area (Å²) in [4.78, 5) is 19.9. The minimum atomic E-state index is 0.208. The molecular formula is C18H21N5O2. The lowest BCUT2D eigenvalue weighted by Gasteiger charge is -2.34. The van der Waals surface area contributed by atoms with Gasteiger partial charge in [0, 0.05) is 49.7 Å². The average Bonchev–Trinajstić information content (AvgIpc) is 3.26. The van der Waals surface area contributed by atoms with Crippen LogP contribution in [0.4, 0.5) is 5.82 Å². The van der Waals surface area contributed by atoms with Crippen LogP contribution in [0.25, 0.3) is 10.9 Å². The number of carbonyl (C=O) groups excluding carboxylic acids is 1. The molecule has 1 N–H and O–H groups in total. The summed E-state index contributed by atoms with van der Waals surface area (Å²) in [5, 5.41) is 8.96. The van der Waals surface area contributed by atoms with Crippen molar-refractivity contribution in [3.05, 3.63) is 41.7 Å². The highest BCUT2D eigenvalue weighted by Gasteiger charge is 2.24. The van der Waals surface area contributed by atoms with Crippen molar-refractivity contribution in [2.75, 3.05) is 31.1 Å². The fraction of sp³-hybridized carbons (Fsp3) is 0.389. The SMILES string of the molecule is Cc1nonc1N1CCN(C(=O)CCc2c[nH]c3ccccc23)CC1. The van der Waals surface area contributed by atoms with Crippen LogP contribution in [0.5, 0.6) is 0 Å². The lowest BCUT2D eigenvalue weighted by Crippen LogP contribution is -2.49. The molecule has 0 saturated carbocycles. The molecule has 0 aliphatic carbocycles. The number of aromatic amines is 1. The van der Waals surface area contributed by atoms with Crippen LogP contribution in [-0.4, -0.2) is 52.3 Å². The van der Waals surface area contributed by atoms with E-state index in [1.165, 1.54) is 10.9 Å². The first-order valence-electron chi connectivity index (χ1n) is 8.59. The number of nitrogens with one attached hydrogen (secondary N) is 1. The third-order valence-corrected chi connectivity index (χ3v) is 4.84. The molecule has 2 aromatic heterocycles. The zero-order valence-corrected chi connectivity index (χ0v) is 14.2. The van der Waals surface area contributed by atoms with Crippen LogP contribution >= 0.6 is 0 Å². The van der Waals surface area contributed by atoms with Crippen molar-refractivity contribution in [3.8, 4) is 0 Å². The number of fused-ring (bicyclic) bond motifs is 1. The Morgan fingerprint density at radius 3 is 2.76 bits per heavy atom. The molecule has 1 aliphatic rings. The number of rotatable bonds is 4. The van der Waals surface area contributed by atoms with E-state index in [1.54, 1.807) is 0 Å². The van der Waals surface area contributed by atoms with E-state index in [-0.39, 0.29) is 5.91 Å². The molecule has 0 bridgehead atoms. The number of aryl methyl sites for hydroxylation is 2. The molecule has 4 rings (SSSR count). The Morgan fingerprint density at radius 2 is 2.00 bits per heavy atom. The van der Waals surface area contributed by atoms with Gasteiger partial charge in [-0.1, -0.05) is 23.4 Å². The van der Waals surface area contributed by atoms with Crippen LogP contribution in [0, 0.1) is 6.92 Å². The highest BCUT2D eigenvalue weighted by Crippen LogP contribution is 2.20. The molecule has 0 radical (unpaired) electrons. The van der Waals surface area contributed by atoms with Gasteiger partial charge in [0.25, 0.3) is 0 Å². The van der Waals surface area contributed by atoms with E-state index < -0.39 is 0 Å². The maximum Gasteiger partial charge on any atom is 0.223 e. The smallest absolute Gasteiger partial charge is 0.223 e. The summed E-state index contributed by atoms with van der Waals surface area (Å²) in [7, 11) is 0. The molecule has 130 valence electrons. The number of para-hydroxylation sites is 1. The van der Waals surface area contributed by atoms with Crippen LogP contribution in [0.1, 0.15) is 17.7 Å². The van der Waals surface area contributed by atoms with E-state index in [4.69, 9.17) is 4.63 Å². The molecule has 1 amide bonds. The van der Waals surface area contributed by atoms with Crippen molar-refractivity contribution in [1.29, 1.82) is 0 Å². The van der Waals surface area contributed by atoms with Gasteiger partial charge in [-0.25, -0.2) is 4.63 Å². The summed E-state index contributed by atoms with van der Waals surface area (Å²) in [6.45, 7) is 4.81. The summed E-state index contributed by atoms with van der Waals surface area (Å²) in [5.41, 5.74) is 3.11. The molecule has 7 heteroatoms. The molecule has 7 nitrogen and oxygen atoms in total. The van der Waals surface area contributed by atoms with Gasteiger partial charge in [-0.3, -0.25) is 4.79 Å². The van der Waals surface area contributed by atoms with Gasteiger partial charge >= 0.3 is 0 Å². The number of H-pyrrole nitrogens is 1. The largest absolute Gasteiger partial charge is 0.361 e. The summed E-state index contributed by atoms with van der Waals surface area (Å²) in [6, 6.07) is 8.19. The monoisotopic (exact) mass is 339 g/mol. The molecule has 1 saturated heterocycles. The number of hydrogen-bond acceptors (Lipinski definition) is 5. The van der Waals surface area contributed by atoms with E-state index in [0.29, 0.717) is 19.5 Å². The molecule has 0 unspecified atom stereocenters. The molecule has 1 aliphatic heterocycles. The third-order valence-electron chi connectivity index (χ3n) is 4.84. The Morgan fingerprint density at radius 1 is 1.20 bits per heavy atom. The topological polar surface area (TPSA) is 78.3 Å². The van der Waals surface area contributed by atoms with Gasteiger partial charge in [0.15, 0.2) is 5.82 Å². The Hall–Kier alpha value is -2.83. The van der Waals surface area contributed by atoms with E-state index in [2.05, 4.69) is 32.3 Å². The quantitative estimate of drug-likeness (QED) is 0.788. The van der Waals surface area contributed by atoms with Crippen molar-refractivity contribution in [1.82, 2.24) is 20.2 Å². The minimum Gasteiger partial charge on any atom is -0.361 e. The maximum absolute atomic E-state index is 12.5. The summed E-state index contributed by atoms with van der Waals surface area (Å²) >= 11 is 0. The Kier molecular flexibility index (Phi) is 4.13. The molecule has 25 heavy (non-hydrogen) atoms. The number of hydrogen-bond donors (Lipinski definition) is 1. The summed E-state index contributed by atoms with van der Waals surface area (Å²) in [5.74, 6) is 0.992. The Bertz CT molecular complexity index is 876. The van der Waals surface area contributed by atoms with Crippen molar-refractivity contribution < 1.29 is 9.42 Å². The van der Waals surface area contributed by atoms with E-state index in [1.807, 2.05) is 30.2 Å². The highest BCUT2D eigenvalue weighted by molar-refractivity contribution is 5.84. The van der Waals surface area contributed by atoms with E-state index in [9.17, 15) is 4.79 Å². The minimum absolute atomic E-state index is 0.208. The van der Waals surface area contributed by atoms with Gasteiger partial charge in [-0.2, -0.15) is 0 Å². The Labute approximate surface area is 145 Å². The van der Waals surface area contributed by atoms with Crippen molar-refractivity contribution >= 4 is 22.6 Å². The first-order chi connectivity index (χ1) is 12.2. The number of aromatic nitrogens is 3. The molecular weight excluding hydrogens is 318 g/mol. The normalized spacial score (nSPS) is 15.1. The fourth-order valence-corrected chi connectivity index (χ4v) is 3.42. The van der Waals surface area contributed by atoms with Crippen LogP contribution in [0.3, 0.4) is 0 Å². The molecule has 0 spiro atoms. The number of benzene rings is 1. The van der Waals surface area contributed by atoms with Crippen LogP contribution in [-0.2, 0) is 11.2 Å². The van der Waals surface area contributed by atoms with Crippen molar-refractivity contribution in [3.63, 3.8) is 0 Å². The third kappa shape index (κ3) is 3.09. The van der Waals surface area contributed by atoms with Gasteiger partial charge in [0.2, 0.25) is 5.91 Å². The fourth-order valence-electron chi connectivity index (χ4n) is 3.42. The zero-order chi connectivity index (χ0) is 17.2. The molecule has 3 heterocycles. The predicted octanol–water partition coefficient (Wildman–Crippen LogP) is 2.14. The Balaban J connectivity index is 1.33. The molecule has 1 fully saturated rings. The second-order valence-electron chi connectivity index (χ2n) is 6.40. The molecule has 1 aromatic carbocycles. The average molecular weight is 339 g/mol. The number of piperazine rings is 1. The van der Waals surface area contributed by atoms with Gasteiger partial charge in [0.1, 0.15) is 5.69 Å². The van der Waals surface area contributed by atoms with Gasteiger partial charge < -0.3 is 14.8 Å². The summed E-state index contributed by atoms with van der Waals surface area (Å²) in [6.07, 6.45) is 3.30. The lowest BCUT2D eigenvalue weighted by atomic mass is 10.1. The van der Waals surface area contributed by atoms with Crippen LogP contribution in [0.2, 0.25) is 0 Å². The van der Waals surface area contributed by atoms with Gasteiger partial charge in [-0.15, -0.1) is 0 Å². The summed E-state index contributed by atoms with van der Waals surface area (Å²) < 4.78 is 4.76. The zero-order valence-electron chi connectivity index (χ0n) is 14.2. The highest BCUT2D eigenvalue weighted by atomic mass is 16.6. The lowest BCUT2D eigenvalue weighted by molar-refractivity contribution is -0.131. The van der Waals surface area contributed by atoms with Gasteiger partial charge in [-0.05, 0) is 30.1 Å². The number of carbonyl (C=O) groups is 1. The van der Waals surface area contributed by atoms with Crippen LogP contribution < -0.4 is 4.90 Å². The van der Waals surface area contributed by atoms with E-state index >= 15 is 0 Å². The molecule has 0 atom stereocenters. The number of nitrogens with zero attached hydrogens (tertiary/aromatic N) is 4.